The van der Waals surface area contributed by atoms with Crippen molar-refractivity contribution >= 4 is 40.1 Å². The molecule has 1 aromatic heterocycles. The van der Waals surface area contributed by atoms with E-state index in [2.05, 4.69) is 0 Å². The monoisotopic (exact) mass is 288 g/mol. The largest absolute Gasteiger partial charge is 0.480 e. The number of aromatic nitrogens is 1. The maximum absolute atomic E-state index is 10.7. The highest BCUT2D eigenvalue weighted by Crippen LogP contribution is 2.34. The van der Waals surface area contributed by atoms with Crippen LogP contribution in [0.15, 0.2) is 18.3 Å². The molecule has 0 bridgehead atoms. The highest BCUT2D eigenvalue weighted by Gasteiger charge is 2.19. The van der Waals surface area contributed by atoms with E-state index >= 15 is 0 Å². The van der Waals surface area contributed by atoms with E-state index in [1.807, 2.05) is 0 Å². The van der Waals surface area contributed by atoms with Gasteiger partial charge in [-0.25, -0.2) is 0 Å². The first-order chi connectivity index (χ1) is 8.41. The number of aliphatic carboxylic acids is 1. The van der Waals surface area contributed by atoms with Gasteiger partial charge in [0.15, 0.2) is 0 Å². The highest BCUT2D eigenvalue weighted by molar-refractivity contribution is 6.45. The number of hydrogen-bond donors (Lipinski definition) is 3. The molecule has 0 saturated carbocycles. The molecule has 0 fully saturated rings. The number of nitrogens with two attached hydrogens (primary N) is 1. The molecule has 18 heavy (non-hydrogen) atoms. The van der Waals surface area contributed by atoms with Gasteiger partial charge < -0.3 is 16.0 Å². The first-order valence-corrected chi connectivity index (χ1v) is 5.83. The standard InChI is InChI=1S/C11H10Cl2N2O3/c12-6-1-2-8-9(10(6)13)5(4-15(8)18)3-7(14)11(16)17/h1-2,4,7,18H,3,14H2,(H,16,17). The molecule has 1 unspecified atom stereocenters. The predicted octanol–water partition coefficient (Wildman–Crippen LogP) is 2.14. The zero-order valence-electron chi connectivity index (χ0n) is 9.10. The molecule has 2 aromatic rings. The number of nitrogens with zero attached hydrogens (tertiary/aromatic N) is 1. The fourth-order valence-electron chi connectivity index (χ4n) is 1.80. The number of fused-ring (bicyclic) bond motifs is 1. The third kappa shape index (κ3) is 2.12. The van der Waals surface area contributed by atoms with E-state index in [4.69, 9.17) is 34.0 Å². The Balaban J connectivity index is 2.58. The fraction of sp³-hybridized carbons (Fsp3) is 0.182. The van der Waals surface area contributed by atoms with Crippen molar-refractivity contribution in [1.29, 1.82) is 0 Å². The molecule has 1 atom stereocenters. The second-order valence-electron chi connectivity index (χ2n) is 3.90. The van der Waals surface area contributed by atoms with Gasteiger partial charge in [0.1, 0.15) is 6.04 Å². The van der Waals surface area contributed by atoms with Crippen LogP contribution in [0.2, 0.25) is 10.0 Å². The molecule has 0 saturated heterocycles. The molecule has 96 valence electrons. The van der Waals surface area contributed by atoms with Crippen LogP contribution in [-0.4, -0.2) is 27.1 Å². The zero-order valence-corrected chi connectivity index (χ0v) is 10.6. The molecule has 2 rings (SSSR count). The number of rotatable bonds is 3. The van der Waals surface area contributed by atoms with Crippen LogP contribution in [0.1, 0.15) is 5.56 Å². The van der Waals surface area contributed by atoms with Crippen molar-refractivity contribution in [1.82, 2.24) is 4.73 Å². The molecule has 7 heteroatoms. The maximum atomic E-state index is 10.7. The summed E-state index contributed by atoms with van der Waals surface area (Å²) < 4.78 is 0.876. The third-order valence-corrected chi connectivity index (χ3v) is 3.48. The molecular formula is C11H10Cl2N2O3. The van der Waals surface area contributed by atoms with Crippen molar-refractivity contribution in [2.24, 2.45) is 5.73 Å². The van der Waals surface area contributed by atoms with Gasteiger partial charge in [-0.05, 0) is 17.7 Å². The Labute approximate surface area is 112 Å². The first kappa shape index (κ1) is 13.0. The SMILES string of the molecule is NC(Cc1cn(O)c2ccc(Cl)c(Cl)c12)C(=O)O. The highest BCUT2D eigenvalue weighted by atomic mass is 35.5. The molecule has 1 heterocycles. The van der Waals surface area contributed by atoms with E-state index in [1.165, 1.54) is 6.20 Å². The van der Waals surface area contributed by atoms with E-state index in [1.54, 1.807) is 12.1 Å². The summed E-state index contributed by atoms with van der Waals surface area (Å²) in [4.78, 5) is 10.7. The van der Waals surface area contributed by atoms with Gasteiger partial charge in [-0.3, -0.25) is 4.79 Å². The fourth-order valence-corrected chi connectivity index (χ4v) is 2.24. The number of benzene rings is 1. The van der Waals surface area contributed by atoms with E-state index in [9.17, 15) is 10.0 Å². The predicted molar refractivity (Wildman–Crippen MR) is 68.5 cm³/mol. The van der Waals surface area contributed by atoms with Crippen LogP contribution in [0.3, 0.4) is 0 Å². The van der Waals surface area contributed by atoms with Crippen LogP contribution >= 0.6 is 23.2 Å². The molecule has 0 aliphatic heterocycles. The quantitative estimate of drug-likeness (QED) is 0.755. The number of carboxylic acids is 1. The van der Waals surface area contributed by atoms with Crippen molar-refractivity contribution in [3.05, 3.63) is 33.9 Å². The summed E-state index contributed by atoms with van der Waals surface area (Å²) in [6.45, 7) is 0. The second-order valence-corrected chi connectivity index (χ2v) is 4.69. The molecule has 0 aliphatic carbocycles. The Morgan fingerprint density at radius 1 is 1.44 bits per heavy atom. The van der Waals surface area contributed by atoms with Gasteiger partial charge in [-0.1, -0.05) is 23.2 Å². The molecule has 0 radical (unpaired) electrons. The Morgan fingerprint density at radius 3 is 2.72 bits per heavy atom. The van der Waals surface area contributed by atoms with Crippen LogP contribution in [-0.2, 0) is 11.2 Å². The van der Waals surface area contributed by atoms with Crippen molar-refractivity contribution in [3.63, 3.8) is 0 Å². The van der Waals surface area contributed by atoms with E-state index < -0.39 is 12.0 Å². The van der Waals surface area contributed by atoms with Gasteiger partial charge in [0.25, 0.3) is 0 Å². The first-order valence-electron chi connectivity index (χ1n) is 5.07. The van der Waals surface area contributed by atoms with Gasteiger partial charge in [-0.15, -0.1) is 0 Å². The Morgan fingerprint density at radius 2 is 2.11 bits per heavy atom. The average Bonchev–Trinajstić information content (AvgIpc) is 2.61. The van der Waals surface area contributed by atoms with Crippen molar-refractivity contribution in [2.75, 3.05) is 0 Å². The summed E-state index contributed by atoms with van der Waals surface area (Å²) in [6, 6.07) is 2.09. The number of halogens is 2. The van der Waals surface area contributed by atoms with E-state index in [-0.39, 0.29) is 11.4 Å². The molecule has 1 aromatic carbocycles. The van der Waals surface area contributed by atoms with Gasteiger partial charge in [0, 0.05) is 18.0 Å². The van der Waals surface area contributed by atoms with E-state index in [0.717, 1.165) is 4.73 Å². The molecule has 4 N–H and O–H groups in total. The van der Waals surface area contributed by atoms with Gasteiger partial charge in [-0.2, -0.15) is 4.73 Å². The van der Waals surface area contributed by atoms with Gasteiger partial charge >= 0.3 is 5.97 Å². The van der Waals surface area contributed by atoms with Crippen LogP contribution in [0.25, 0.3) is 10.9 Å². The Kier molecular flexibility index (Phi) is 3.38. The van der Waals surface area contributed by atoms with Crippen LogP contribution in [0, 0.1) is 0 Å². The average molecular weight is 289 g/mol. The van der Waals surface area contributed by atoms with Crippen LogP contribution < -0.4 is 5.73 Å². The smallest absolute Gasteiger partial charge is 0.320 e. The minimum absolute atomic E-state index is 0.0550. The Hall–Kier alpha value is -1.43. The third-order valence-electron chi connectivity index (χ3n) is 2.68. The van der Waals surface area contributed by atoms with Crippen molar-refractivity contribution < 1.29 is 15.1 Å². The normalized spacial score (nSPS) is 12.8. The Bertz CT molecular complexity index is 624. The van der Waals surface area contributed by atoms with E-state index in [0.29, 0.717) is 21.5 Å². The summed E-state index contributed by atoms with van der Waals surface area (Å²) in [6.07, 6.45) is 1.44. The van der Waals surface area contributed by atoms with Crippen molar-refractivity contribution in [3.8, 4) is 0 Å². The maximum Gasteiger partial charge on any atom is 0.320 e. The minimum atomic E-state index is -1.12. The molecule has 0 spiro atoms. The molecule has 0 amide bonds. The molecular weight excluding hydrogens is 279 g/mol. The lowest BCUT2D eigenvalue weighted by Gasteiger charge is -2.06. The summed E-state index contributed by atoms with van der Waals surface area (Å²) in [5.41, 5.74) is 6.46. The lowest BCUT2D eigenvalue weighted by atomic mass is 10.1. The van der Waals surface area contributed by atoms with Crippen molar-refractivity contribution in [2.45, 2.75) is 12.5 Å². The van der Waals surface area contributed by atoms with Gasteiger partial charge in [0.2, 0.25) is 0 Å². The second kappa shape index (κ2) is 4.68. The number of carbonyl (C=O) groups is 1. The molecule has 5 nitrogen and oxygen atoms in total. The topological polar surface area (TPSA) is 88.5 Å². The minimum Gasteiger partial charge on any atom is -0.480 e. The van der Waals surface area contributed by atoms with Crippen LogP contribution in [0.5, 0.6) is 0 Å². The lowest BCUT2D eigenvalue weighted by Crippen LogP contribution is -2.32. The summed E-state index contributed by atoms with van der Waals surface area (Å²) >= 11 is 12.0. The summed E-state index contributed by atoms with van der Waals surface area (Å²) in [7, 11) is 0. The van der Waals surface area contributed by atoms with Crippen LogP contribution in [0.4, 0.5) is 0 Å². The zero-order chi connectivity index (χ0) is 13.4. The summed E-state index contributed by atoms with van der Waals surface area (Å²) in [5, 5.41) is 19.6. The summed E-state index contributed by atoms with van der Waals surface area (Å²) in [5.74, 6) is -1.12. The number of hydrogen-bond acceptors (Lipinski definition) is 3. The lowest BCUT2D eigenvalue weighted by molar-refractivity contribution is -0.138. The molecule has 0 aliphatic rings. The van der Waals surface area contributed by atoms with Gasteiger partial charge in [0.05, 0.1) is 15.6 Å². The number of carboxylic acid groups (broad SMARTS) is 1.